The summed E-state index contributed by atoms with van der Waals surface area (Å²) in [7, 11) is 1.79. The molecule has 4 heteroatoms. The predicted octanol–water partition coefficient (Wildman–Crippen LogP) is 4.44. The van der Waals surface area contributed by atoms with E-state index in [-0.39, 0.29) is 11.9 Å². The summed E-state index contributed by atoms with van der Waals surface area (Å²) in [4.78, 5) is 0. The maximum atomic E-state index is 13.9. The molecule has 94 valence electrons. The Labute approximate surface area is 116 Å². The molecule has 0 saturated heterocycles. The van der Waals surface area contributed by atoms with Crippen LogP contribution < -0.4 is 5.32 Å². The summed E-state index contributed by atoms with van der Waals surface area (Å²) in [5.74, 6) is -0.322. The van der Waals surface area contributed by atoms with Crippen LogP contribution in [-0.4, -0.2) is 7.05 Å². The van der Waals surface area contributed by atoms with Crippen LogP contribution in [0.1, 0.15) is 17.2 Å². The van der Waals surface area contributed by atoms with Crippen LogP contribution in [0.2, 0.25) is 10.0 Å². The summed E-state index contributed by atoms with van der Waals surface area (Å²) >= 11 is 11.6. The standard InChI is InChI=1S/C14H12Cl2FN/c1-18-14(9-2-4-10(15)5-3-9)12-7-6-11(16)8-13(12)17/h2-8,14,18H,1H3. The molecule has 1 N–H and O–H groups in total. The van der Waals surface area contributed by atoms with E-state index in [4.69, 9.17) is 23.2 Å². The Kier molecular flexibility index (Phi) is 4.23. The lowest BCUT2D eigenvalue weighted by Gasteiger charge is -2.18. The third kappa shape index (κ3) is 2.83. The largest absolute Gasteiger partial charge is 0.309 e. The van der Waals surface area contributed by atoms with Gasteiger partial charge < -0.3 is 5.32 Å². The molecule has 0 heterocycles. The lowest BCUT2D eigenvalue weighted by Crippen LogP contribution is -2.18. The van der Waals surface area contributed by atoms with Crippen LogP contribution in [0.5, 0.6) is 0 Å². The Balaban J connectivity index is 2.41. The topological polar surface area (TPSA) is 12.0 Å². The monoisotopic (exact) mass is 283 g/mol. The maximum Gasteiger partial charge on any atom is 0.129 e. The van der Waals surface area contributed by atoms with Crippen molar-refractivity contribution in [1.82, 2.24) is 5.32 Å². The van der Waals surface area contributed by atoms with Crippen LogP contribution in [0, 0.1) is 5.82 Å². The minimum absolute atomic E-state index is 0.223. The van der Waals surface area contributed by atoms with Crippen LogP contribution >= 0.6 is 23.2 Å². The lowest BCUT2D eigenvalue weighted by molar-refractivity contribution is 0.576. The molecule has 1 nitrogen and oxygen atoms in total. The van der Waals surface area contributed by atoms with Gasteiger partial charge in [-0.25, -0.2) is 4.39 Å². The van der Waals surface area contributed by atoms with Crippen molar-refractivity contribution in [3.8, 4) is 0 Å². The fourth-order valence-corrected chi connectivity index (χ4v) is 2.18. The predicted molar refractivity (Wildman–Crippen MR) is 73.8 cm³/mol. The van der Waals surface area contributed by atoms with E-state index in [1.807, 2.05) is 12.1 Å². The Morgan fingerprint density at radius 3 is 2.17 bits per heavy atom. The van der Waals surface area contributed by atoms with Crippen molar-refractivity contribution in [3.05, 3.63) is 69.5 Å². The Morgan fingerprint density at radius 2 is 1.61 bits per heavy atom. The highest BCUT2D eigenvalue weighted by Gasteiger charge is 2.16. The van der Waals surface area contributed by atoms with Crippen LogP contribution in [0.4, 0.5) is 4.39 Å². The average molecular weight is 284 g/mol. The van der Waals surface area contributed by atoms with E-state index in [1.165, 1.54) is 6.07 Å². The highest BCUT2D eigenvalue weighted by Crippen LogP contribution is 2.26. The molecule has 0 aliphatic rings. The van der Waals surface area contributed by atoms with Crippen molar-refractivity contribution >= 4 is 23.2 Å². The average Bonchev–Trinajstić information content (AvgIpc) is 2.35. The second-order valence-electron chi connectivity index (χ2n) is 3.94. The molecule has 2 rings (SSSR count). The second kappa shape index (κ2) is 5.70. The molecule has 0 aliphatic carbocycles. The quantitative estimate of drug-likeness (QED) is 0.878. The van der Waals surface area contributed by atoms with Gasteiger partial charge in [-0.2, -0.15) is 0 Å². The van der Waals surface area contributed by atoms with Crippen LogP contribution in [0.25, 0.3) is 0 Å². The van der Waals surface area contributed by atoms with E-state index in [1.54, 1.807) is 31.3 Å². The van der Waals surface area contributed by atoms with Gasteiger partial charge in [0, 0.05) is 15.6 Å². The van der Waals surface area contributed by atoms with E-state index in [2.05, 4.69) is 5.32 Å². The zero-order chi connectivity index (χ0) is 13.1. The Morgan fingerprint density at radius 1 is 1.00 bits per heavy atom. The van der Waals surface area contributed by atoms with E-state index in [9.17, 15) is 4.39 Å². The number of nitrogens with one attached hydrogen (secondary N) is 1. The van der Waals surface area contributed by atoms with Gasteiger partial charge in [-0.05, 0) is 36.9 Å². The Bertz CT molecular complexity index is 540. The molecule has 0 fully saturated rings. The molecule has 0 aliphatic heterocycles. The minimum Gasteiger partial charge on any atom is -0.309 e. The second-order valence-corrected chi connectivity index (χ2v) is 4.81. The minimum atomic E-state index is -0.322. The molecule has 1 unspecified atom stereocenters. The van der Waals surface area contributed by atoms with E-state index in [0.29, 0.717) is 15.6 Å². The van der Waals surface area contributed by atoms with Gasteiger partial charge in [0.25, 0.3) is 0 Å². The summed E-state index contributed by atoms with van der Waals surface area (Å²) in [6, 6.07) is 11.8. The zero-order valence-corrected chi connectivity index (χ0v) is 11.3. The molecule has 0 bridgehead atoms. The number of rotatable bonds is 3. The molecule has 18 heavy (non-hydrogen) atoms. The summed E-state index contributed by atoms with van der Waals surface area (Å²) in [6.45, 7) is 0. The molecule has 2 aromatic rings. The van der Waals surface area contributed by atoms with Crippen molar-refractivity contribution < 1.29 is 4.39 Å². The summed E-state index contributed by atoms with van der Waals surface area (Å²) in [5.41, 5.74) is 1.51. The molecule has 0 spiro atoms. The van der Waals surface area contributed by atoms with Gasteiger partial charge in [0.15, 0.2) is 0 Å². The molecule has 0 amide bonds. The number of hydrogen-bond donors (Lipinski definition) is 1. The molecule has 2 aromatic carbocycles. The van der Waals surface area contributed by atoms with Crippen molar-refractivity contribution in [3.63, 3.8) is 0 Å². The van der Waals surface area contributed by atoms with E-state index < -0.39 is 0 Å². The lowest BCUT2D eigenvalue weighted by atomic mass is 9.98. The van der Waals surface area contributed by atoms with Crippen LogP contribution in [0.15, 0.2) is 42.5 Å². The maximum absolute atomic E-state index is 13.9. The van der Waals surface area contributed by atoms with Crippen molar-refractivity contribution in [2.75, 3.05) is 7.05 Å². The molecule has 0 saturated carbocycles. The molecular weight excluding hydrogens is 272 g/mol. The third-order valence-corrected chi connectivity index (χ3v) is 3.25. The first-order valence-electron chi connectivity index (χ1n) is 5.49. The van der Waals surface area contributed by atoms with Crippen molar-refractivity contribution in [2.24, 2.45) is 0 Å². The highest BCUT2D eigenvalue weighted by atomic mass is 35.5. The van der Waals surface area contributed by atoms with Crippen molar-refractivity contribution in [1.29, 1.82) is 0 Å². The molecular formula is C14H12Cl2FN. The molecule has 0 radical (unpaired) electrons. The van der Waals surface area contributed by atoms with Gasteiger partial charge in [0.05, 0.1) is 6.04 Å². The first-order valence-corrected chi connectivity index (χ1v) is 6.25. The third-order valence-electron chi connectivity index (χ3n) is 2.77. The highest BCUT2D eigenvalue weighted by molar-refractivity contribution is 6.30. The number of halogens is 3. The van der Waals surface area contributed by atoms with Crippen molar-refractivity contribution in [2.45, 2.75) is 6.04 Å². The first-order chi connectivity index (χ1) is 8.61. The van der Waals surface area contributed by atoms with E-state index >= 15 is 0 Å². The smallest absolute Gasteiger partial charge is 0.129 e. The van der Waals surface area contributed by atoms with Gasteiger partial charge in [0.2, 0.25) is 0 Å². The number of hydrogen-bond acceptors (Lipinski definition) is 1. The SMILES string of the molecule is CNC(c1ccc(Cl)cc1)c1ccc(Cl)cc1F. The Hall–Kier alpha value is -1.09. The fourth-order valence-electron chi connectivity index (χ4n) is 1.89. The summed E-state index contributed by atoms with van der Waals surface area (Å²) < 4.78 is 13.9. The van der Waals surface area contributed by atoms with Gasteiger partial charge in [-0.15, -0.1) is 0 Å². The van der Waals surface area contributed by atoms with Gasteiger partial charge in [-0.3, -0.25) is 0 Å². The van der Waals surface area contributed by atoms with Crippen LogP contribution in [-0.2, 0) is 0 Å². The van der Waals surface area contributed by atoms with Crippen LogP contribution in [0.3, 0.4) is 0 Å². The van der Waals surface area contributed by atoms with Gasteiger partial charge in [-0.1, -0.05) is 41.4 Å². The zero-order valence-electron chi connectivity index (χ0n) is 9.75. The van der Waals surface area contributed by atoms with Gasteiger partial charge >= 0.3 is 0 Å². The normalized spacial score (nSPS) is 12.4. The van der Waals surface area contributed by atoms with Gasteiger partial charge in [0.1, 0.15) is 5.82 Å². The molecule has 0 aromatic heterocycles. The summed E-state index contributed by atoms with van der Waals surface area (Å²) in [6.07, 6.45) is 0. The number of benzene rings is 2. The van der Waals surface area contributed by atoms with E-state index in [0.717, 1.165) is 5.56 Å². The molecule has 1 atom stereocenters. The summed E-state index contributed by atoms with van der Waals surface area (Å²) in [5, 5.41) is 4.14. The first kappa shape index (κ1) is 13.3. The fraction of sp³-hybridized carbons (Fsp3) is 0.143.